The summed E-state index contributed by atoms with van der Waals surface area (Å²) < 4.78 is 0. The molecule has 0 aliphatic rings. The number of amides is 5. The molecule has 0 bridgehead atoms. The second-order valence-corrected chi connectivity index (χ2v) is 12.7. The van der Waals surface area contributed by atoms with E-state index in [9.17, 15) is 33.9 Å². The lowest BCUT2D eigenvalue weighted by molar-refractivity contribution is -0.142. The van der Waals surface area contributed by atoms with E-state index in [0.29, 0.717) is 30.6 Å². The molecular weight excluding hydrogens is 674 g/mol. The van der Waals surface area contributed by atoms with E-state index < -0.39 is 71.6 Å². The first-order valence-electron chi connectivity index (χ1n) is 17.2. The molecule has 0 aliphatic carbocycles. The third kappa shape index (κ3) is 15.6. The Hall–Kier alpha value is -5.52. The maximum atomic E-state index is 13.8. The lowest BCUT2D eigenvalue weighted by atomic mass is 10.0. The molecule has 13 N–H and O–H groups in total. The van der Waals surface area contributed by atoms with Crippen molar-refractivity contribution in [3.8, 4) is 0 Å². The van der Waals surface area contributed by atoms with Gasteiger partial charge in [-0.2, -0.15) is 0 Å². The second-order valence-electron chi connectivity index (χ2n) is 12.7. The van der Waals surface area contributed by atoms with Crippen molar-refractivity contribution in [1.82, 2.24) is 36.6 Å². The van der Waals surface area contributed by atoms with E-state index >= 15 is 0 Å². The monoisotopic (exact) mass is 727 g/mol. The van der Waals surface area contributed by atoms with Gasteiger partial charge in [-0.05, 0) is 50.1 Å². The summed E-state index contributed by atoms with van der Waals surface area (Å²) in [6, 6.07) is 2.94. The van der Waals surface area contributed by atoms with Gasteiger partial charge in [0, 0.05) is 38.2 Å². The minimum absolute atomic E-state index is 0.00339. The lowest BCUT2D eigenvalue weighted by Crippen LogP contribution is -2.60. The van der Waals surface area contributed by atoms with Crippen LogP contribution in [0.2, 0.25) is 0 Å². The number of rotatable bonds is 23. The highest BCUT2D eigenvalue weighted by atomic mass is 16.4. The number of hydrogen-bond acceptors (Lipinski definition) is 9. The van der Waals surface area contributed by atoms with Gasteiger partial charge in [-0.25, -0.2) is 9.78 Å². The van der Waals surface area contributed by atoms with Crippen LogP contribution < -0.4 is 43.8 Å². The number of carbonyl (C=O) groups excluding carboxylic acids is 5. The number of unbranched alkanes of at least 4 members (excludes halogenated alkanes) is 1. The van der Waals surface area contributed by atoms with Gasteiger partial charge in [0.2, 0.25) is 29.5 Å². The summed E-state index contributed by atoms with van der Waals surface area (Å²) in [5.74, 6) is -5.10. The molecule has 286 valence electrons. The third-order valence-corrected chi connectivity index (χ3v) is 7.98. The zero-order chi connectivity index (χ0) is 38.6. The molecule has 18 nitrogen and oxygen atoms in total. The minimum Gasteiger partial charge on any atom is -0.480 e. The van der Waals surface area contributed by atoms with Crippen molar-refractivity contribution in [2.45, 2.75) is 95.9 Å². The molecule has 0 saturated carbocycles. The van der Waals surface area contributed by atoms with Gasteiger partial charge in [-0.15, -0.1) is 0 Å². The average molecular weight is 728 g/mol. The predicted octanol–water partition coefficient (Wildman–Crippen LogP) is -1.44. The van der Waals surface area contributed by atoms with Gasteiger partial charge >= 0.3 is 5.97 Å². The number of aromatic nitrogens is 2. The van der Waals surface area contributed by atoms with E-state index in [1.54, 1.807) is 44.2 Å². The molecule has 5 atom stereocenters. The third-order valence-electron chi connectivity index (χ3n) is 7.98. The molecule has 52 heavy (non-hydrogen) atoms. The molecule has 0 unspecified atom stereocenters. The summed E-state index contributed by atoms with van der Waals surface area (Å²) in [4.78, 5) is 89.1. The highest BCUT2D eigenvalue weighted by Crippen LogP contribution is 2.10. The van der Waals surface area contributed by atoms with Crippen molar-refractivity contribution < 1.29 is 33.9 Å². The number of aliphatic imine (C=N–C) groups is 1. The molecule has 0 fully saturated rings. The SMILES string of the molecule is CC(=O)N[C@@H](CCCCN)C(=O)N[C@@H](CCCN=C(N)N)C(=O)N[C@H](C(=O)N[C@@H](Cc1cnc[nH]1)C(=O)N[C@@H](Cc1ccccc1)C(=O)O)C(C)C. The number of hydrogen-bond donors (Lipinski definition) is 10. The fourth-order valence-corrected chi connectivity index (χ4v) is 5.25. The Labute approximate surface area is 302 Å². The van der Waals surface area contributed by atoms with Crippen LogP contribution in [0.25, 0.3) is 0 Å². The number of imidazole rings is 1. The minimum atomic E-state index is -1.29. The maximum absolute atomic E-state index is 13.8. The molecular formula is C34H53N11O7. The standard InChI is InChI=1S/C34H53N11O7/c1-20(2)28(45-30(48)25(13-9-15-39-34(36)37)42-29(47)24(41-21(3)46)12-7-8-14-35)32(50)43-26(17-23-18-38-19-40-23)31(49)44-27(33(51)52)16-22-10-5-4-6-11-22/h4-6,10-11,18-20,24-28H,7-9,12-17,35H2,1-3H3,(H,38,40)(H,41,46)(H,42,47)(H,43,50)(H,44,49)(H,45,48)(H,51,52)(H4,36,37,39)/t24-,25-,26-,27-,28-/m0/s1. The van der Waals surface area contributed by atoms with Crippen molar-refractivity contribution >= 4 is 41.5 Å². The van der Waals surface area contributed by atoms with Crippen LogP contribution in [0.4, 0.5) is 0 Å². The van der Waals surface area contributed by atoms with Crippen LogP contribution >= 0.6 is 0 Å². The first kappa shape index (κ1) is 42.6. The summed E-state index contributed by atoms with van der Waals surface area (Å²) >= 11 is 0. The molecule has 5 amide bonds. The van der Waals surface area contributed by atoms with E-state index in [2.05, 4.69) is 41.5 Å². The largest absolute Gasteiger partial charge is 0.480 e. The normalized spacial score (nSPS) is 13.8. The first-order valence-corrected chi connectivity index (χ1v) is 17.2. The molecule has 1 aromatic heterocycles. The molecule has 2 rings (SSSR count). The summed E-state index contributed by atoms with van der Waals surface area (Å²) in [6.45, 7) is 5.21. The number of carboxylic acids is 1. The maximum Gasteiger partial charge on any atom is 0.326 e. The molecule has 18 heteroatoms. The topological polar surface area (TPSA) is 302 Å². The van der Waals surface area contributed by atoms with Gasteiger partial charge < -0.3 is 53.9 Å². The summed E-state index contributed by atoms with van der Waals surface area (Å²) in [7, 11) is 0. The van der Waals surface area contributed by atoms with Crippen LogP contribution in [-0.2, 0) is 41.6 Å². The molecule has 0 spiro atoms. The number of guanidine groups is 1. The van der Waals surface area contributed by atoms with Crippen LogP contribution in [0.3, 0.4) is 0 Å². The van der Waals surface area contributed by atoms with Crippen LogP contribution in [0, 0.1) is 5.92 Å². The summed E-state index contributed by atoms with van der Waals surface area (Å²) in [5.41, 5.74) is 17.6. The molecule has 2 aromatic rings. The van der Waals surface area contributed by atoms with E-state index in [1.807, 2.05) is 0 Å². The van der Waals surface area contributed by atoms with Gasteiger partial charge in [0.05, 0.1) is 6.33 Å². The van der Waals surface area contributed by atoms with Crippen molar-refractivity contribution in [2.24, 2.45) is 28.1 Å². The summed E-state index contributed by atoms with van der Waals surface area (Å²) in [5, 5.41) is 23.1. The van der Waals surface area contributed by atoms with Crippen LogP contribution in [0.1, 0.15) is 64.1 Å². The first-order chi connectivity index (χ1) is 24.7. The highest BCUT2D eigenvalue weighted by molar-refractivity contribution is 5.96. The van der Waals surface area contributed by atoms with E-state index in [4.69, 9.17) is 17.2 Å². The molecule has 0 aliphatic heterocycles. The molecule has 0 radical (unpaired) electrons. The number of carboxylic acid groups (broad SMARTS) is 1. The molecule has 0 saturated heterocycles. The molecule has 1 aromatic carbocycles. The highest BCUT2D eigenvalue weighted by Gasteiger charge is 2.34. The zero-order valence-corrected chi connectivity index (χ0v) is 29.9. The number of nitrogens with one attached hydrogen (secondary N) is 6. The Bertz CT molecular complexity index is 1480. The number of nitrogens with zero attached hydrogens (tertiary/aromatic N) is 2. The van der Waals surface area contributed by atoms with E-state index in [1.165, 1.54) is 19.4 Å². The van der Waals surface area contributed by atoms with Crippen molar-refractivity contribution in [1.29, 1.82) is 0 Å². The van der Waals surface area contributed by atoms with Gasteiger partial charge in [0.1, 0.15) is 30.2 Å². The zero-order valence-electron chi connectivity index (χ0n) is 29.9. The van der Waals surface area contributed by atoms with Gasteiger partial charge in [-0.1, -0.05) is 44.2 Å². The Morgan fingerprint density at radius 2 is 1.38 bits per heavy atom. The van der Waals surface area contributed by atoms with Crippen LogP contribution in [0.15, 0.2) is 47.8 Å². The van der Waals surface area contributed by atoms with Crippen molar-refractivity contribution in [3.63, 3.8) is 0 Å². The number of aliphatic carboxylic acids is 1. The average Bonchev–Trinajstić information content (AvgIpc) is 3.60. The Kier molecular flexibility index (Phi) is 18.3. The number of carbonyl (C=O) groups is 6. The van der Waals surface area contributed by atoms with Crippen molar-refractivity contribution in [3.05, 3.63) is 54.1 Å². The van der Waals surface area contributed by atoms with Gasteiger partial charge in [0.15, 0.2) is 5.96 Å². The summed E-state index contributed by atoms with van der Waals surface area (Å²) in [6.07, 6.45) is 4.64. The number of nitrogens with two attached hydrogens (primary N) is 3. The van der Waals surface area contributed by atoms with Gasteiger partial charge in [0.25, 0.3) is 0 Å². The molecule has 1 heterocycles. The smallest absolute Gasteiger partial charge is 0.326 e. The fourth-order valence-electron chi connectivity index (χ4n) is 5.25. The second kappa shape index (κ2) is 22.3. The lowest BCUT2D eigenvalue weighted by Gasteiger charge is -2.28. The Morgan fingerprint density at radius 3 is 1.96 bits per heavy atom. The van der Waals surface area contributed by atoms with Crippen LogP contribution in [0.5, 0.6) is 0 Å². The van der Waals surface area contributed by atoms with E-state index in [-0.39, 0.29) is 44.6 Å². The van der Waals surface area contributed by atoms with Crippen molar-refractivity contribution in [2.75, 3.05) is 13.1 Å². The number of H-pyrrole nitrogens is 1. The quantitative estimate of drug-likeness (QED) is 0.0359. The number of aromatic amines is 1. The van der Waals surface area contributed by atoms with E-state index in [0.717, 1.165) is 0 Å². The Balaban J connectivity index is 2.29. The number of benzene rings is 1. The Morgan fingerprint density at radius 1 is 0.788 bits per heavy atom. The fraction of sp³-hybridized carbons (Fsp3) is 0.529. The predicted molar refractivity (Wildman–Crippen MR) is 193 cm³/mol. The van der Waals surface area contributed by atoms with Crippen LogP contribution in [-0.4, -0.2) is 99.8 Å². The van der Waals surface area contributed by atoms with Gasteiger partial charge in [-0.3, -0.25) is 29.0 Å².